The van der Waals surface area contributed by atoms with Gasteiger partial charge in [-0.1, -0.05) is 73.6 Å². The summed E-state index contributed by atoms with van der Waals surface area (Å²) in [6, 6.07) is 14.1. The Kier molecular flexibility index (Phi) is 10.1. The number of tetrazole rings is 1. The molecule has 0 unspecified atom stereocenters. The normalized spacial score (nSPS) is 15.9. The van der Waals surface area contributed by atoms with E-state index in [2.05, 4.69) is 40.3 Å². The van der Waals surface area contributed by atoms with E-state index in [4.69, 9.17) is 9.72 Å². The first-order valence-electron chi connectivity index (χ1n) is 16.5. The first kappa shape index (κ1) is 36.2. The Hall–Kier alpha value is -4.58. The van der Waals surface area contributed by atoms with Gasteiger partial charge in [-0.05, 0) is 50.8 Å². The SMILES string of the molecule is CC(C)(CN1CCCCCCc2ccccc2-c2nc(sc2-n2ccc(OCC(C)(C)C(F)(F)F)n2)NS(=O)(=O)c2cccc1n2)c1nn[nH]n1. The highest BCUT2D eigenvalue weighted by Gasteiger charge is 2.48. The van der Waals surface area contributed by atoms with Crippen molar-refractivity contribution in [3.63, 3.8) is 0 Å². The Labute approximate surface area is 297 Å². The number of H-pyrrole nitrogens is 1. The quantitative estimate of drug-likeness (QED) is 0.187. The summed E-state index contributed by atoms with van der Waals surface area (Å²) in [4.78, 5) is 11.4. The average Bonchev–Trinajstić information content (AvgIpc) is 3.86. The monoisotopic (exact) mass is 744 g/mol. The number of thiazole rings is 1. The number of alkyl halides is 3. The number of pyridine rings is 1. The van der Waals surface area contributed by atoms with Crippen LogP contribution >= 0.6 is 11.3 Å². The maximum atomic E-state index is 13.9. The fourth-order valence-electron chi connectivity index (χ4n) is 5.63. The van der Waals surface area contributed by atoms with Crippen LogP contribution in [0.1, 0.15) is 64.8 Å². The number of halogens is 3. The number of hydrogen-bond donors (Lipinski definition) is 2. The van der Waals surface area contributed by atoms with Gasteiger partial charge in [0.2, 0.25) is 5.88 Å². The molecule has 6 rings (SSSR count). The van der Waals surface area contributed by atoms with Gasteiger partial charge < -0.3 is 9.64 Å². The summed E-state index contributed by atoms with van der Waals surface area (Å²) in [5.74, 6) is 1.01. The van der Waals surface area contributed by atoms with E-state index in [0.29, 0.717) is 35.4 Å². The van der Waals surface area contributed by atoms with E-state index in [1.165, 1.54) is 16.8 Å². The van der Waals surface area contributed by atoms with Gasteiger partial charge in [0.1, 0.15) is 23.1 Å². The van der Waals surface area contributed by atoms with E-state index in [1.807, 2.05) is 38.1 Å². The van der Waals surface area contributed by atoms with Crippen LogP contribution in [0.3, 0.4) is 0 Å². The summed E-state index contributed by atoms with van der Waals surface area (Å²) in [7, 11) is -4.22. The maximum absolute atomic E-state index is 13.9. The van der Waals surface area contributed by atoms with Crippen molar-refractivity contribution in [2.75, 3.05) is 29.3 Å². The van der Waals surface area contributed by atoms with Gasteiger partial charge in [-0.15, -0.1) is 15.3 Å². The molecule has 0 saturated carbocycles. The molecule has 5 aromatic rings. The second-order valence-electron chi connectivity index (χ2n) is 13.7. The first-order chi connectivity index (χ1) is 24.1. The number of nitrogens with zero attached hydrogens (tertiary/aromatic N) is 8. The molecule has 0 fully saturated rings. The van der Waals surface area contributed by atoms with Crippen molar-refractivity contribution in [2.45, 2.75) is 76.4 Å². The summed E-state index contributed by atoms with van der Waals surface area (Å²) >= 11 is 1.04. The molecule has 0 radical (unpaired) electrons. The minimum absolute atomic E-state index is 0.00960. The van der Waals surface area contributed by atoms with E-state index in [9.17, 15) is 21.6 Å². The molecule has 51 heavy (non-hydrogen) atoms. The van der Waals surface area contributed by atoms with Crippen LogP contribution in [-0.2, 0) is 21.9 Å². The zero-order chi connectivity index (χ0) is 36.4. The van der Waals surface area contributed by atoms with Crippen molar-refractivity contribution in [1.82, 2.24) is 40.4 Å². The smallest absolute Gasteiger partial charge is 0.397 e. The van der Waals surface area contributed by atoms with Crippen molar-refractivity contribution < 1.29 is 26.3 Å². The largest absolute Gasteiger partial charge is 0.476 e. The molecule has 1 aliphatic heterocycles. The molecule has 5 heterocycles. The summed E-state index contributed by atoms with van der Waals surface area (Å²) in [5, 5.41) is 19.3. The van der Waals surface area contributed by atoms with Crippen molar-refractivity contribution in [3.05, 3.63) is 66.1 Å². The summed E-state index contributed by atoms with van der Waals surface area (Å²) < 4.78 is 77.6. The van der Waals surface area contributed by atoms with Gasteiger partial charge in [-0.25, -0.2) is 14.6 Å². The zero-order valence-electron chi connectivity index (χ0n) is 28.6. The predicted molar refractivity (Wildman–Crippen MR) is 187 cm³/mol. The molecule has 13 nitrogen and oxygen atoms in total. The number of hydrogen-bond acceptors (Lipinski definition) is 11. The fourth-order valence-corrected chi connectivity index (χ4v) is 7.74. The maximum Gasteiger partial charge on any atom is 0.397 e. The van der Waals surface area contributed by atoms with Gasteiger partial charge in [0, 0.05) is 36.3 Å². The van der Waals surface area contributed by atoms with Crippen LogP contribution in [0.2, 0.25) is 0 Å². The van der Waals surface area contributed by atoms with Crippen molar-refractivity contribution >= 4 is 32.3 Å². The standard InChI is InChI=1S/C33H39F3N10O3S2/c1-31(2,29-39-43-44-40-29)20-45-18-10-6-5-7-12-22-13-8-9-14-23(22)27-28(46-19-17-25(41-46)49-21-32(3,4)33(34,35)36)50-30(38-27)42-51(47,48)26-16-11-15-24(45)37-26/h8-9,11,13-17,19H,5-7,10,12,18,20-21H2,1-4H3,(H,38,42)(H,39,40,43,44). The number of nitrogens with one attached hydrogen (secondary N) is 2. The summed E-state index contributed by atoms with van der Waals surface area (Å²) in [6.07, 6.45) is 1.50. The first-order valence-corrected chi connectivity index (χ1v) is 18.8. The fraction of sp³-hybridized carbons (Fsp3) is 0.455. The third-order valence-corrected chi connectivity index (χ3v) is 11.0. The molecule has 1 aliphatic rings. The summed E-state index contributed by atoms with van der Waals surface area (Å²) in [6.45, 7) is 6.58. The Bertz CT molecular complexity index is 2060. The number of anilines is 2. The van der Waals surface area contributed by atoms with Crippen LogP contribution < -0.4 is 14.4 Å². The lowest BCUT2D eigenvalue weighted by atomic mass is 9.91. The highest BCUT2D eigenvalue weighted by Crippen LogP contribution is 2.39. The lowest BCUT2D eigenvalue weighted by Gasteiger charge is -2.31. The lowest BCUT2D eigenvalue weighted by Crippen LogP contribution is -2.39. The molecule has 2 N–H and O–H groups in total. The Morgan fingerprint density at radius 1 is 0.961 bits per heavy atom. The molecule has 4 bridgehead atoms. The summed E-state index contributed by atoms with van der Waals surface area (Å²) in [5.41, 5.74) is -0.326. The van der Waals surface area contributed by atoms with Crippen molar-refractivity contribution in [3.8, 4) is 22.1 Å². The zero-order valence-corrected chi connectivity index (χ0v) is 30.2. The highest BCUT2D eigenvalue weighted by molar-refractivity contribution is 7.92. The molecule has 18 heteroatoms. The third kappa shape index (κ3) is 8.16. The van der Waals surface area contributed by atoms with Crippen LogP contribution in [0.15, 0.2) is 59.8 Å². The highest BCUT2D eigenvalue weighted by atomic mass is 32.2. The molecule has 0 spiro atoms. The van der Waals surface area contributed by atoms with Crippen LogP contribution in [0.4, 0.5) is 24.1 Å². The Morgan fingerprint density at radius 2 is 1.75 bits per heavy atom. The number of aryl methyl sites for hydroxylation is 1. The second kappa shape index (κ2) is 14.2. The van der Waals surface area contributed by atoms with Crippen LogP contribution in [0.5, 0.6) is 5.88 Å². The van der Waals surface area contributed by atoms with Gasteiger partial charge in [0.15, 0.2) is 16.0 Å². The molecule has 0 aliphatic carbocycles. The van der Waals surface area contributed by atoms with Gasteiger partial charge in [-0.3, -0.25) is 4.72 Å². The molecular weight excluding hydrogens is 706 g/mol. The molecular formula is C33H39F3N10O3S2. The molecule has 4 aromatic heterocycles. The van der Waals surface area contributed by atoms with E-state index < -0.39 is 33.6 Å². The second-order valence-corrected chi connectivity index (χ2v) is 16.4. The molecule has 0 atom stereocenters. The van der Waals surface area contributed by atoms with E-state index in [0.717, 1.165) is 68.4 Å². The third-order valence-electron chi connectivity index (χ3n) is 8.69. The van der Waals surface area contributed by atoms with Crippen molar-refractivity contribution in [1.29, 1.82) is 0 Å². The minimum atomic E-state index is -4.46. The van der Waals surface area contributed by atoms with Crippen LogP contribution in [0.25, 0.3) is 16.3 Å². The number of aromatic nitrogens is 8. The number of aromatic amines is 1. The number of ether oxygens (including phenoxy) is 1. The van der Waals surface area contributed by atoms with Gasteiger partial charge in [-0.2, -0.15) is 26.8 Å². The van der Waals surface area contributed by atoms with Gasteiger partial charge in [0.05, 0.1) is 5.41 Å². The Morgan fingerprint density at radius 3 is 2.51 bits per heavy atom. The average molecular weight is 745 g/mol. The molecule has 0 amide bonds. The van der Waals surface area contributed by atoms with Crippen molar-refractivity contribution in [2.24, 2.45) is 5.41 Å². The number of fused-ring (bicyclic) bond motifs is 6. The predicted octanol–water partition coefficient (Wildman–Crippen LogP) is 6.57. The van der Waals surface area contributed by atoms with Gasteiger partial charge >= 0.3 is 6.18 Å². The lowest BCUT2D eigenvalue weighted by molar-refractivity contribution is -0.219. The van der Waals surface area contributed by atoms with E-state index in [1.54, 1.807) is 18.3 Å². The number of sulfonamides is 1. The molecule has 1 aromatic carbocycles. The van der Waals surface area contributed by atoms with Crippen LogP contribution in [-0.4, -0.2) is 74.7 Å². The Balaban J connectivity index is 1.36. The van der Waals surface area contributed by atoms with Gasteiger partial charge in [0.25, 0.3) is 10.0 Å². The topological polar surface area (TPSA) is 157 Å². The number of benzene rings is 1. The molecule has 0 saturated heterocycles. The molecule has 272 valence electrons. The van der Waals surface area contributed by atoms with E-state index in [-0.39, 0.29) is 16.0 Å². The number of rotatable bonds is 7. The van der Waals surface area contributed by atoms with Crippen LogP contribution in [0, 0.1) is 5.41 Å². The van der Waals surface area contributed by atoms with E-state index >= 15 is 0 Å². The minimum Gasteiger partial charge on any atom is -0.476 e.